The lowest BCUT2D eigenvalue weighted by Gasteiger charge is -2.40. The molecule has 1 atom stereocenters. The van der Waals surface area contributed by atoms with Gasteiger partial charge in [-0.1, -0.05) is 36.4 Å². The predicted octanol–water partition coefficient (Wildman–Crippen LogP) is 4.75. The minimum absolute atomic E-state index is 0.00227. The molecule has 0 bridgehead atoms. The molecule has 0 aliphatic carbocycles. The number of hydrogen-bond donors (Lipinski definition) is 1. The number of carbonyl (C=O) groups is 1. The van der Waals surface area contributed by atoms with Crippen molar-refractivity contribution in [2.75, 3.05) is 29.9 Å². The maximum absolute atomic E-state index is 12.9. The molecule has 0 saturated carbocycles. The van der Waals surface area contributed by atoms with Crippen LogP contribution in [0.15, 0.2) is 72.1 Å². The van der Waals surface area contributed by atoms with Crippen molar-refractivity contribution in [3.05, 3.63) is 72.1 Å². The van der Waals surface area contributed by atoms with Gasteiger partial charge in [-0.25, -0.2) is 14.2 Å². The number of nitrogens with one attached hydrogen (secondary N) is 1. The Morgan fingerprint density at radius 2 is 1.82 bits per heavy atom. The van der Waals surface area contributed by atoms with E-state index in [1.54, 1.807) is 11.3 Å². The van der Waals surface area contributed by atoms with Crippen LogP contribution in [0.25, 0.3) is 27.3 Å². The zero-order valence-corrected chi connectivity index (χ0v) is 19.4. The van der Waals surface area contributed by atoms with Crippen molar-refractivity contribution in [3.8, 4) is 10.7 Å². The molecule has 2 amide bonds. The number of nitrogens with zero attached hydrogens (tertiary/aromatic N) is 6. The SMILES string of the molecule is CC1CN(c2nc3ccccc3c3nnc(-c4cccs4)n23)CCN1C(=O)Nc1ccccc1. The summed E-state index contributed by atoms with van der Waals surface area (Å²) in [6.45, 7) is 3.98. The van der Waals surface area contributed by atoms with Crippen LogP contribution in [0.3, 0.4) is 0 Å². The fourth-order valence-corrected chi connectivity index (χ4v) is 5.20. The van der Waals surface area contributed by atoms with Crippen LogP contribution in [0.4, 0.5) is 16.4 Å². The summed E-state index contributed by atoms with van der Waals surface area (Å²) >= 11 is 1.63. The van der Waals surface area contributed by atoms with Crippen LogP contribution in [0.1, 0.15) is 6.92 Å². The van der Waals surface area contributed by atoms with Gasteiger partial charge in [0.25, 0.3) is 0 Å². The summed E-state index contributed by atoms with van der Waals surface area (Å²) in [6.07, 6.45) is 0. The molecule has 0 radical (unpaired) electrons. The number of amides is 2. The summed E-state index contributed by atoms with van der Waals surface area (Å²) in [7, 11) is 0. The summed E-state index contributed by atoms with van der Waals surface area (Å²) in [4.78, 5) is 23.1. The number of carbonyl (C=O) groups excluding carboxylic acids is 1. The van der Waals surface area contributed by atoms with E-state index in [0.29, 0.717) is 19.6 Å². The lowest BCUT2D eigenvalue weighted by molar-refractivity contribution is 0.184. The van der Waals surface area contributed by atoms with Gasteiger partial charge in [0, 0.05) is 36.7 Å². The zero-order valence-electron chi connectivity index (χ0n) is 18.6. The minimum Gasteiger partial charge on any atom is -0.338 e. The fraction of sp³-hybridized carbons (Fsp3) is 0.200. The second-order valence-electron chi connectivity index (χ2n) is 8.37. The maximum Gasteiger partial charge on any atom is 0.322 e. The molecule has 1 aliphatic heterocycles. The van der Waals surface area contributed by atoms with Gasteiger partial charge in [-0.2, -0.15) is 0 Å². The van der Waals surface area contributed by atoms with Crippen molar-refractivity contribution in [2.24, 2.45) is 0 Å². The Labute approximate surface area is 200 Å². The molecular formula is C25H23N7OS. The molecule has 5 aromatic rings. The minimum atomic E-state index is -0.0847. The first-order valence-electron chi connectivity index (χ1n) is 11.2. The number of fused-ring (bicyclic) bond motifs is 3. The highest BCUT2D eigenvalue weighted by Gasteiger charge is 2.30. The Morgan fingerprint density at radius 3 is 2.62 bits per heavy atom. The molecule has 0 spiro atoms. The predicted molar refractivity (Wildman–Crippen MR) is 135 cm³/mol. The van der Waals surface area contributed by atoms with E-state index in [1.807, 2.05) is 70.9 Å². The van der Waals surface area contributed by atoms with E-state index in [-0.39, 0.29) is 12.1 Å². The third-order valence-electron chi connectivity index (χ3n) is 6.17. The Balaban J connectivity index is 1.35. The molecule has 9 heteroatoms. The topological polar surface area (TPSA) is 78.7 Å². The third-order valence-corrected chi connectivity index (χ3v) is 7.03. The van der Waals surface area contributed by atoms with Gasteiger partial charge in [0.1, 0.15) is 0 Å². The smallest absolute Gasteiger partial charge is 0.322 e. The molecule has 2 aromatic carbocycles. The second kappa shape index (κ2) is 8.42. The van der Waals surface area contributed by atoms with E-state index in [1.165, 1.54) is 0 Å². The largest absolute Gasteiger partial charge is 0.338 e. The lowest BCUT2D eigenvalue weighted by atomic mass is 10.2. The van der Waals surface area contributed by atoms with Gasteiger partial charge in [-0.15, -0.1) is 21.5 Å². The van der Waals surface area contributed by atoms with E-state index >= 15 is 0 Å². The van der Waals surface area contributed by atoms with Crippen LogP contribution in [0.2, 0.25) is 0 Å². The van der Waals surface area contributed by atoms with E-state index < -0.39 is 0 Å². The number of aromatic nitrogens is 4. The highest BCUT2D eigenvalue weighted by atomic mass is 32.1. The number of urea groups is 1. The molecule has 4 heterocycles. The van der Waals surface area contributed by atoms with Crippen molar-refractivity contribution in [1.82, 2.24) is 24.5 Å². The highest BCUT2D eigenvalue weighted by molar-refractivity contribution is 7.13. The van der Waals surface area contributed by atoms with Gasteiger partial charge in [0.05, 0.1) is 10.4 Å². The standard InChI is InChI=1S/C25H23N7OS/c1-17-16-30(13-14-31(17)25(33)26-18-8-3-2-4-9-18)24-27-20-11-6-5-10-19(20)22-28-29-23(32(22)24)21-12-7-15-34-21/h2-12,15,17H,13-14,16H2,1H3,(H,26,33). The van der Waals surface area contributed by atoms with Crippen LogP contribution < -0.4 is 10.2 Å². The molecule has 1 aliphatic rings. The van der Waals surface area contributed by atoms with E-state index in [2.05, 4.69) is 37.8 Å². The first kappa shape index (κ1) is 20.6. The Hall–Kier alpha value is -3.98. The number of anilines is 2. The van der Waals surface area contributed by atoms with Crippen LogP contribution >= 0.6 is 11.3 Å². The second-order valence-corrected chi connectivity index (χ2v) is 9.32. The van der Waals surface area contributed by atoms with Crippen molar-refractivity contribution in [3.63, 3.8) is 0 Å². The van der Waals surface area contributed by atoms with Gasteiger partial charge in [-0.05, 0) is 42.6 Å². The molecule has 1 N–H and O–H groups in total. The molecule has 1 unspecified atom stereocenters. The van der Waals surface area contributed by atoms with Gasteiger partial charge in [-0.3, -0.25) is 0 Å². The van der Waals surface area contributed by atoms with Gasteiger partial charge >= 0.3 is 6.03 Å². The van der Waals surface area contributed by atoms with Crippen molar-refractivity contribution >= 4 is 45.6 Å². The molecule has 1 fully saturated rings. The number of piperazine rings is 1. The molecule has 34 heavy (non-hydrogen) atoms. The Kier molecular flexibility index (Phi) is 5.10. The van der Waals surface area contributed by atoms with E-state index in [9.17, 15) is 4.79 Å². The van der Waals surface area contributed by atoms with E-state index in [0.717, 1.165) is 38.9 Å². The average molecular weight is 470 g/mol. The van der Waals surface area contributed by atoms with Crippen LogP contribution in [-0.4, -0.2) is 56.2 Å². The van der Waals surface area contributed by atoms with Crippen LogP contribution in [0.5, 0.6) is 0 Å². The zero-order chi connectivity index (χ0) is 23.1. The lowest BCUT2D eigenvalue weighted by Crippen LogP contribution is -2.55. The summed E-state index contributed by atoms with van der Waals surface area (Å²) in [5.41, 5.74) is 2.47. The normalized spacial score (nSPS) is 16.3. The monoisotopic (exact) mass is 469 g/mol. The molecular weight excluding hydrogens is 446 g/mol. The van der Waals surface area contributed by atoms with Crippen molar-refractivity contribution in [2.45, 2.75) is 13.0 Å². The molecule has 8 nitrogen and oxygen atoms in total. The first-order chi connectivity index (χ1) is 16.7. The van der Waals surface area contributed by atoms with Crippen LogP contribution in [-0.2, 0) is 0 Å². The number of hydrogen-bond acceptors (Lipinski definition) is 6. The first-order valence-corrected chi connectivity index (χ1v) is 12.1. The van der Waals surface area contributed by atoms with Crippen molar-refractivity contribution in [1.29, 1.82) is 0 Å². The summed E-state index contributed by atoms with van der Waals surface area (Å²) < 4.78 is 2.06. The number of rotatable bonds is 3. The van der Waals surface area contributed by atoms with Crippen molar-refractivity contribution < 1.29 is 4.79 Å². The molecule has 3 aromatic heterocycles. The van der Waals surface area contributed by atoms with Gasteiger partial charge < -0.3 is 15.1 Å². The molecule has 170 valence electrons. The summed E-state index contributed by atoms with van der Waals surface area (Å²) in [5, 5.41) is 15.1. The Bertz CT molecular complexity index is 1470. The maximum atomic E-state index is 12.9. The average Bonchev–Trinajstić information content (AvgIpc) is 3.54. The molecule has 1 saturated heterocycles. The number of thiophene rings is 1. The molecule has 6 rings (SSSR count). The quantitative estimate of drug-likeness (QED) is 0.413. The summed E-state index contributed by atoms with van der Waals surface area (Å²) in [6, 6.07) is 21.6. The number of benzene rings is 2. The number of para-hydroxylation sites is 2. The highest BCUT2D eigenvalue weighted by Crippen LogP contribution is 2.31. The fourth-order valence-electron chi connectivity index (χ4n) is 4.50. The van der Waals surface area contributed by atoms with Gasteiger partial charge in [0.15, 0.2) is 11.5 Å². The van der Waals surface area contributed by atoms with E-state index in [4.69, 9.17) is 4.98 Å². The van der Waals surface area contributed by atoms with Gasteiger partial charge in [0.2, 0.25) is 5.95 Å². The summed E-state index contributed by atoms with van der Waals surface area (Å²) in [5.74, 6) is 1.59. The van der Waals surface area contributed by atoms with Crippen LogP contribution in [0, 0.1) is 0 Å². The third kappa shape index (κ3) is 3.54. The Morgan fingerprint density at radius 1 is 1.00 bits per heavy atom.